The highest BCUT2D eigenvalue weighted by Gasteiger charge is 2.14. The van der Waals surface area contributed by atoms with Crippen molar-refractivity contribution in [3.05, 3.63) is 72.4 Å². The lowest BCUT2D eigenvalue weighted by Gasteiger charge is -2.18. The molecule has 0 amide bonds. The molecule has 0 radical (unpaired) electrons. The molecular formula is C27H34N4. The molecule has 0 spiro atoms. The van der Waals surface area contributed by atoms with Crippen LogP contribution in [0.1, 0.15) is 32.3 Å². The van der Waals surface area contributed by atoms with Gasteiger partial charge >= 0.3 is 0 Å². The summed E-state index contributed by atoms with van der Waals surface area (Å²) in [6.45, 7) is 9.73. The van der Waals surface area contributed by atoms with Crippen LogP contribution in [-0.2, 0) is 13.0 Å². The van der Waals surface area contributed by atoms with Gasteiger partial charge < -0.3 is 14.8 Å². The fourth-order valence-corrected chi connectivity index (χ4v) is 4.50. The molecule has 4 aromatic rings. The van der Waals surface area contributed by atoms with E-state index in [0.29, 0.717) is 0 Å². The van der Waals surface area contributed by atoms with Crippen molar-refractivity contribution in [3.63, 3.8) is 0 Å². The molecule has 1 N–H and O–H groups in total. The number of nitrogens with zero attached hydrogens (tertiary/aromatic N) is 3. The molecule has 2 aromatic heterocycles. The largest absolute Gasteiger partial charge is 0.368 e. The highest BCUT2D eigenvalue weighted by Crippen LogP contribution is 2.32. The van der Waals surface area contributed by atoms with Crippen molar-refractivity contribution in [2.75, 3.05) is 31.5 Å². The minimum atomic E-state index is 0.939. The first kappa shape index (κ1) is 21.4. The number of benzene rings is 2. The predicted molar refractivity (Wildman–Crippen MR) is 133 cm³/mol. The Kier molecular flexibility index (Phi) is 7.21. The molecule has 0 saturated heterocycles. The molecule has 4 nitrogen and oxygen atoms in total. The lowest BCUT2D eigenvalue weighted by atomic mass is 10.1. The van der Waals surface area contributed by atoms with Gasteiger partial charge in [-0.2, -0.15) is 0 Å². The van der Waals surface area contributed by atoms with Gasteiger partial charge in [-0.3, -0.25) is 0 Å². The molecule has 0 aliphatic carbocycles. The minimum absolute atomic E-state index is 0.939. The smallest absolute Gasteiger partial charge is 0.150 e. The van der Waals surface area contributed by atoms with Gasteiger partial charge in [-0.15, -0.1) is 0 Å². The summed E-state index contributed by atoms with van der Waals surface area (Å²) in [5, 5.41) is 6.24. The topological polar surface area (TPSA) is 33.1 Å². The van der Waals surface area contributed by atoms with E-state index in [1.54, 1.807) is 0 Å². The van der Waals surface area contributed by atoms with Gasteiger partial charge in [0.15, 0.2) is 5.82 Å². The fourth-order valence-electron chi connectivity index (χ4n) is 4.50. The molecule has 4 rings (SSSR count). The predicted octanol–water partition coefficient (Wildman–Crippen LogP) is 5.97. The summed E-state index contributed by atoms with van der Waals surface area (Å²) < 4.78 is 2.47. The number of fused-ring (bicyclic) bond motifs is 3. The summed E-state index contributed by atoms with van der Waals surface area (Å²) in [5.41, 5.74) is 3.93. The van der Waals surface area contributed by atoms with Gasteiger partial charge in [0.25, 0.3) is 0 Å². The van der Waals surface area contributed by atoms with Crippen molar-refractivity contribution in [2.45, 2.75) is 39.7 Å². The molecule has 0 bridgehead atoms. The van der Waals surface area contributed by atoms with Crippen molar-refractivity contribution in [1.82, 2.24) is 14.5 Å². The highest BCUT2D eigenvalue weighted by molar-refractivity contribution is 6.11. The number of hydrogen-bond donors (Lipinski definition) is 1. The lowest BCUT2D eigenvalue weighted by molar-refractivity contribution is 0.303. The van der Waals surface area contributed by atoms with E-state index in [0.717, 1.165) is 57.8 Å². The summed E-state index contributed by atoms with van der Waals surface area (Å²) in [6, 6.07) is 21.7. The van der Waals surface area contributed by atoms with E-state index in [1.807, 2.05) is 6.20 Å². The van der Waals surface area contributed by atoms with Gasteiger partial charge in [-0.05, 0) is 56.6 Å². The van der Waals surface area contributed by atoms with E-state index in [4.69, 9.17) is 4.98 Å². The molecule has 2 heterocycles. The van der Waals surface area contributed by atoms with Gasteiger partial charge in [-0.25, -0.2) is 4.98 Å². The zero-order chi connectivity index (χ0) is 21.5. The molecule has 0 unspecified atom stereocenters. The molecule has 0 aliphatic heterocycles. The standard InChI is InChI=1S/C27H34N4/c1-3-30(4-2)20-11-18-28-27-26-24(17-19-29-27)23-15-8-9-16-25(23)31(26)21-10-14-22-12-6-5-7-13-22/h5-9,12-13,15-17,19H,3-4,10-11,14,18,20-21H2,1-2H3,(H,28,29). The maximum Gasteiger partial charge on any atom is 0.150 e. The Balaban J connectivity index is 1.57. The van der Waals surface area contributed by atoms with Crippen LogP contribution in [0.2, 0.25) is 0 Å². The van der Waals surface area contributed by atoms with Crippen molar-refractivity contribution in [2.24, 2.45) is 0 Å². The van der Waals surface area contributed by atoms with E-state index in [9.17, 15) is 0 Å². The van der Waals surface area contributed by atoms with Crippen LogP contribution in [0, 0.1) is 0 Å². The number of anilines is 1. The maximum atomic E-state index is 4.74. The third-order valence-electron chi connectivity index (χ3n) is 6.21. The molecule has 31 heavy (non-hydrogen) atoms. The van der Waals surface area contributed by atoms with Crippen LogP contribution in [0.25, 0.3) is 21.8 Å². The summed E-state index contributed by atoms with van der Waals surface area (Å²) in [4.78, 5) is 7.21. The normalized spacial score (nSPS) is 11.6. The number of aromatic nitrogens is 2. The minimum Gasteiger partial charge on any atom is -0.368 e. The number of pyridine rings is 1. The summed E-state index contributed by atoms with van der Waals surface area (Å²) in [5.74, 6) is 1.01. The van der Waals surface area contributed by atoms with Crippen LogP contribution in [0.15, 0.2) is 66.9 Å². The first-order valence-electron chi connectivity index (χ1n) is 11.7. The van der Waals surface area contributed by atoms with Crippen molar-refractivity contribution < 1.29 is 0 Å². The SMILES string of the molecule is CCN(CC)CCCNc1nccc2c3ccccc3n(CCCc3ccccc3)c12. The van der Waals surface area contributed by atoms with Crippen LogP contribution >= 0.6 is 0 Å². The van der Waals surface area contributed by atoms with Crippen LogP contribution in [0.5, 0.6) is 0 Å². The Morgan fingerprint density at radius 2 is 1.65 bits per heavy atom. The number of nitrogens with one attached hydrogen (secondary N) is 1. The second-order valence-electron chi connectivity index (χ2n) is 8.12. The number of rotatable bonds is 11. The van der Waals surface area contributed by atoms with Gasteiger partial charge in [0.05, 0.1) is 5.52 Å². The van der Waals surface area contributed by atoms with E-state index in [1.165, 1.54) is 27.4 Å². The second-order valence-corrected chi connectivity index (χ2v) is 8.12. The molecule has 0 saturated carbocycles. The lowest BCUT2D eigenvalue weighted by Crippen LogP contribution is -2.25. The molecule has 162 valence electrons. The zero-order valence-corrected chi connectivity index (χ0v) is 18.8. The molecular weight excluding hydrogens is 380 g/mol. The first-order chi connectivity index (χ1) is 15.3. The van der Waals surface area contributed by atoms with Crippen LogP contribution < -0.4 is 5.32 Å². The van der Waals surface area contributed by atoms with Crippen molar-refractivity contribution in [3.8, 4) is 0 Å². The maximum absolute atomic E-state index is 4.74. The average molecular weight is 415 g/mol. The molecule has 2 aromatic carbocycles. The van der Waals surface area contributed by atoms with Crippen molar-refractivity contribution >= 4 is 27.6 Å². The quantitative estimate of drug-likeness (QED) is 0.307. The Labute approximate surface area is 185 Å². The number of para-hydroxylation sites is 1. The Morgan fingerprint density at radius 1 is 0.871 bits per heavy atom. The zero-order valence-electron chi connectivity index (χ0n) is 18.8. The summed E-state index contributed by atoms with van der Waals surface area (Å²) >= 11 is 0. The van der Waals surface area contributed by atoms with Crippen LogP contribution in [0.3, 0.4) is 0 Å². The molecule has 0 atom stereocenters. The fraction of sp³-hybridized carbons (Fsp3) is 0.370. The monoisotopic (exact) mass is 414 g/mol. The van der Waals surface area contributed by atoms with Gasteiger partial charge in [-0.1, -0.05) is 62.4 Å². The van der Waals surface area contributed by atoms with E-state index in [2.05, 4.69) is 89.3 Å². The second kappa shape index (κ2) is 10.5. The van der Waals surface area contributed by atoms with Crippen LogP contribution in [-0.4, -0.2) is 40.6 Å². The van der Waals surface area contributed by atoms with E-state index in [-0.39, 0.29) is 0 Å². The Morgan fingerprint density at radius 3 is 2.45 bits per heavy atom. The molecule has 0 aliphatic rings. The Hall–Kier alpha value is -2.85. The van der Waals surface area contributed by atoms with Gasteiger partial charge in [0.2, 0.25) is 0 Å². The van der Waals surface area contributed by atoms with E-state index < -0.39 is 0 Å². The van der Waals surface area contributed by atoms with E-state index >= 15 is 0 Å². The number of aryl methyl sites for hydroxylation is 2. The first-order valence-corrected chi connectivity index (χ1v) is 11.7. The van der Waals surface area contributed by atoms with Crippen molar-refractivity contribution in [1.29, 1.82) is 0 Å². The number of hydrogen-bond acceptors (Lipinski definition) is 3. The average Bonchev–Trinajstić information content (AvgIpc) is 3.14. The van der Waals surface area contributed by atoms with Gasteiger partial charge in [0.1, 0.15) is 0 Å². The van der Waals surface area contributed by atoms with Crippen LogP contribution in [0.4, 0.5) is 5.82 Å². The summed E-state index contributed by atoms with van der Waals surface area (Å²) in [6.07, 6.45) is 5.25. The molecule has 0 fully saturated rings. The molecule has 4 heteroatoms. The third kappa shape index (κ3) is 4.91. The Bertz CT molecular complexity index is 1100. The summed E-state index contributed by atoms with van der Waals surface area (Å²) in [7, 11) is 0. The third-order valence-corrected chi connectivity index (χ3v) is 6.21. The van der Waals surface area contributed by atoms with Gasteiger partial charge in [0, 0.05) is 35.6 Å². The highest BCUT2D eigenvalue weighted by atomic mass is 15.1.